The van der Waals surface area contributed by atoms with Gasteiger partial charge in [-0.1, -0.05) is 85.0 Å². The Kier molecular flexibility index (Phi) is 8.66. The summed E-state index contributed by atoms with van der Waals surface area (Å²) in [5.41, 5.74) is 5.18. The van der Waals surface area contributed by atoms with Gasteiger partial charge in [0, 0.05) is 11.6 Å². The second-order valence-electron chi connectivity index (χ2n) is 7.41. The highest BCUT2D eigenvalue weighted by Gasteiger charge is 2.12. The molecule has 0 radical (unpaired) electrons. The van der Waals surface area contributed by atoms with E-state index in [1.165, 1.54) is 11.1 Å². The average Bonchev–Trinajstić information content (AvgIpc) is 2.84. The Labute approximate surface area is 195 Å². The lowest BCUT2D eigenvalue weighted by atomic mass is 10.0. The molecule has 0 aromatic heterocycles. The summed E-state index contributed by atoms with van der Waals surface area (Å²) in [4.78, 5) is 11.0. The number of rotatable bonds is 10. The minimum absolute atomic E-state index is 0.571. The summed E-state index contributed by atoms with van der Waals surface area (Å²) in [6.07, 6.45) is 12.5. The van der Waals surface area contributed by atoms with Gasteiger partial charge < -0.3 is 14.6 Å². The molecular formula is C29H28O4. The molecule has 0 saturated heterocycles. The standard InChI is InChI=1S/C29H28O4/c1-32-27-20-18-25(19-21-28(30)31)26(29(27)33-2)13-7-12-24-16-14-23(15-17-24)11-6-10-22-8-4-3-5-9-22/h3-10,12,14-21H,11,13H2,1-2H3,(H,30,31)/b10-6+,12-7+,21-19+. The normalized spacial score (nSPS) is 11.5. The van der Waals surface area contributed by atoms with E-state index in [2.05, 4.69) is 48.6 Å². The van der Waals surface area contributed by atoms with Gasteiger partial charge in [0.2, 0.25) is 0 Å². The van der Waals surface area contributed by atoms with Crippen LogP contribution in [0.1, 0.15) is 27.8 Å². The zero-order valence-corrected chi connectivity index (χ0v) is 18.9. The lowest BCUT2D eigenvalue weighted by molar-refractivity contribution is -0.131. The van der Waals surface area contributed by atoms with Crippen molar-refractivity contribution in [2.24, 2.45) is 0 Å². The van der Waals surface area contributed by atoms with Crippen LogP contribution in [0.3, 0.4) is 0 Å². The number of aliphatic carboxylic acids is 1. The van der Waals surface area contributed by atoms with E-state index in [0.29, 0.717) is 17.9 Å². The van der Waals surface area contributed by atoms with Crippen molar-refractivity contribution in [3.8, 4) is 11.5 Å². The summed E-state index contributed by atoms with van der Waals surface area (Å²) < 4.78 is 11.0. The van der Waals surface area contributed by atoms with Gasteiger partial charge in [-0.3, -0.25) is 0 Å². The SMILES string of the molecule is COc1ccc(/C=C/C(=O)O)c(C/C=C/c2ccc(C/C=C/c3ccccc3)cc2)c1OC. The molecule has 0 aliphatic heterocycles. The Balaban J connectivity index is 1.70. The monoisotopic (exact) mass is 440 g/mol. The molecule has 3 aromatic rings. The molecule has 0 saturated carbocycles. The molecule has 0 unspecified atom stereocenters. The van der Waals surface area contributed by atoms with Crippen molar-refractivity contribution < 1.29 is 19.4 Å². The second kappa shape index (κ2) is 12.1. The number of methoxy groups -OCH3 is 2. The first-order valence-corrected chi connectivity index (χ1v) is 10.7. The Hall–Kier alpha value is -4.05. The summed E-state index contributed by atoms with van der Waals surface area (Å²) in [5, 5.41) is 8.99. The number of carbonyl (C=O) groups is 1. The van der Waals surface area contributed by atoms with E-state index in [1.807, 2.05) is 36.4 Å². The van der Waals surface area contributed by atoms with Gasteiger partial charge in [0.05, 0.1) is 14.2 Å². The predicted molar refractivity (Wildman–Crippen MR) is 135 cm³/mol. The van der Waals surface area contributed by atoms with E-state index in [-0.39, 0.29) is 0 Å². The molecule has 0 aliphatic carbocycles. The van der Waals surface area contributed by atoms with Crippen LogP contribution in [0.4, 0.5) is 0 Å². The van der Waals surface area contributed by atoms with Crippen molar-refractivity contribution in [1.29, 1.82) is 0 Å². The number of hydrogen-bond acceptors (Lipinski definition) is 3. The first kappa shape index (κ1) is 23.6. The summed E-state index contributed by atoms with van der Waals surface area (Å²) in [7, 11) is 3.17. The molecule has 33 heavy (non-hydrogen) atoms. The van der Waals surface area contributed by atoms with Crippen LogP contribution in [0.5, 0.6) is 11.5 Å². The fraction of sp³-hybridized carbons (Fsp3) is 0.138. The highest BCUT2D eigenvalue weighted by Crippen LogP contribution is 2.34. The average molecular weight is 441 g/mol. The van der Waals surface area contributed by atoms with Gasteiger partial charge >= 0.3 is 5.97 Å². The lowest BCUT2D eigenvalue weighted by Crippen LogP contribution is -1.98. The van der Waals surface area contributed by atoms with Crippen molar-refractivity contribution in [3.05, 3.63) is 113 Å². The van der Waals surface area contributed by atoms with Gasteiger partial charge in [-0.25, -0.2) is 4.79 Å². The molecule has 0 amide bonds. The van der Waals surface area contributed by atoms with Gasteiger partial charge in [0.1, 0.15) is 0 Å². The van der Waals surface area contributed by atoms with Crippen LogP contribution in [0.25, 0.3) is 18.2 Å². The third-order valence-corrected chi connectivity index (χ3v) is 5.17. The molecular weight excluding hydrogens is 412 g/mol. The van der Waals surface area contributed by atoms with Crippen molar-refractivity contribution in [3.63, 3.8) is 0 Å². The van der Waals surface area contributed by atoms with E-state index in [1.54, 1.807) is 26.4 Å². The van der Waals surface area contributed by atoms with Gasteiger partial charge in [0.15, 0.2) is 11.5 Å². The third kappa shape index (κ3) is 6.97. The highest BCUT2D eigenvalue weighted by atomic mass is 16.5. The molecule has 3 aromatic carbocycles. The first-order chi connectivity index (χ1) is 16.1. The van der Waals surface area contributed by atoms with Crippen LogP contribution in [0.2, 0.25) is 0 Å². The molecule has 4 heteroatoms. The fourth-order valence-electron chi connectivity index (χ4n) is 3.51. The zero-order valence-electron chi connectivity index (χ0n) is 18.9. The minimum atomic E-state index is -0.995. The Morgan fingerprint density at radius 1 is 0.788 bits per heavy atom. The quantitative estimate of drug-likeness (QED) is 0.375. The van der Waals surface area contributed by atoms with E-state index in [4.69, 9.17) is 14.6 Å². The van der Waals surface area contributed by atoms with Gasteiger partial charge in [-0.05, 0) is 47.2 Å². The number of ether oxygens (including phenoxy) is 2. The largest absolute Gasteiger partial charge is 0.493 e. The summed E-state index contributed by atoms with van der Waals surface area (Å²) in [6, 6.07) is 22.3. The number of hydrogen-bond donors (Lipinski definition) is 1. The van der Waals surface area contributed by atoms with Gasteiger partial charge in [0.25, 0.3) is 0 Å². The van der Waals surface area contributed by atoms with Gasteiger partial charge in [-0.15, -0.1) is 0 Å². The van der Waals surface area contributed by atoms with Crippen LogP contribution in [-0.2, 0) is 17.6 Å². The molecule has 3 rings (SSSR count). The second-order valence-corrected chi connectivity index (χ2v) is 7.41. The zero-order chi connectivity index (χ0) is 23.5. The van der Waals surface area contributed by atoms with Crippen LogP contribution in [0.15, 0.2) is 85.0 Å². The van der Waals surface area contributed by atoms with Crippen LogP contribution >= 0.6 is 0 Å². The predicted octanol–water partition coefficient (Wildman–Crippen LogP) is 6.31. The maximum absolute atomic E-state index is 11.0. The van der Waals surface area contributed by atoms with Crippen molar-refractivity contribution in [1.82, 2.24) is 0 Å². The molecule has 0 atom stereocenters. The maximum atomic E-state index is 11.0. The number of carboxylic acid groups (broad SMARTS) is 1. The molecule has 1 N–H and O–H groups in total. The topological polar surface area (TPSA) is 55.8 Å². The lowest BCUT2D eigenvalue weighted by Gasteiger charge is -2.14. The maximum Gasteiger partial charge on any atom is 0.328 e. The number of carboxylic acids is 1. The fourth-order valence-corrected chi connectivity index (χ4v) is 3.51. The van der Waals surface area contributed by atoms with Crippen molar-refractivity contribution >= 4 is 24.2 Å². The van der Waals surface area contributed by atoms with E-state index >= 15 is 0 Å². The molecule has 0 bridgehead atoms. The van der Waals surface area contributed by atoms with Crippen LogP contribution in [-0.4, -0.2) is 25.3 Å². The highest BCUT2D eigenvalue weighted by molar-refractivity contribution is 5.86. The molecule has 0 fully saturated rings. The summed E-state index contributed by atoms with van der Waals surface area (Å²) in [5.74, 6) is 0.224. The van der Waals surface area contributed by atoms with E-state index in [9.17, 15) is 4.79 Å². The van der Waals surface area contributed by atoms with E-state index in [0.717, 1.165) is 29.2 Å². The molecule has 168 valence electrons. The molecule has 0 heterocycles. The third-order valence-electron chi connectivity index (χ3n) is 5.17. The number of allylic oxidation sites excluding steroid dienone is 2. The van der Waals surface area contributed by atoms with Crippen LogP contribution < -0.4 is 9.47 Å². The van der Waals surface area contributed by atoms with Crippen molar-refractivity contribution in [2.45, 2.75) is 12.8 Å². The van der Waals surface area contributed by atoms with Gasteiger partial charge in [-0.2, -0.15) is 0 Å². The molecule has 4 nitrogen and oxygen atoms in total. The summed E-state index contributed by atoms with van der Waals surface area (Å²) >= 11 is 0. The molecule has 0 aliphatic rings. The minimum Gasteiger partial charge on any atom is -0.493 e. The summed E-state index contributed by atoms with van der Waals surface area (Å²) in [6.45, 7) is 0. The van der Waals surface area contributed by atoms with Crippen molar-refractivity contribution in [2.75, 3.05) is 14.2 Å². The Morgan fingerprint density at radius 3 is 2.09 bits per heavy atom. The van der Waals surface area contributed by atoms with E-state index < -0.39 is 5.97 Å². The Morgan fingerprint density at radius 2 is 1.45 bits per heavy atom. The Bertz CT molecular complexity index is 1140. The first-order valence-electron chi connectivity index (χ1n) is 10.7. The van der Waals surface area contributed by atoms with Crippen LogP contribution in [0, 0.1) is 0 Å². The smallest absolute Gasteiger partial charge is 0.328 e. The molecule has 0 spiro atoms. The number of benzene rings is 3.